The number of benzene rings is 3. The Morgan fingerprint density at radius 3 is 2.20 bits per heavy atom. The maximum absolute atomic E-state index is 13.1. The van der Waals surface area contributed by atoms with Gasteiger partial charge in [-0.05, 0) is 54.3 Å². The summed E-state index contributed by atoms with van der Waals surface area (Å²) in [7, 11) is -8.34. The maximum atomic E-state index is 13.1. The van der Waals surface area contributed by atoms with Crippen LogP contribution in [-0.2, 0) is 37.7 Å². The molecule has 222 valence electrons. The lowest BCUT2D eigenvalue weighted by molar-refractivity contribution is -0.138. The molecule has 1 atom stereocenters. The molecule has 1 fully saturated rings. The minimum atomic E-state index is -4.61. The minimum Gasteiger partial charge on any atom is -0.506 e. The van der Waals surface area contributed by atoms with Gasteiger partial charge in [0, 0.05) is 5.92 Å². The van der Waals surface area contributed by atoms with Crippen LogP contribution in [0.2, 0.25) is 0 Å². The van der Waals surface area contributed by atoms with E-state index < -0.39 is 49.6 Å². The van der Waals surface area contributed by atoms with Crippen LogP contribution in [0.15, 0.2) is 72.8 Å². The first-order valence-corrected chi connectivity index (χ1v) is 15.2. The number of nitrogens with two attached hydrogens (primary N) is 1. The smallest absolute Gasteiger partial charge is 0.416 e. The van der Waals surface area contributed by atoms with E-state index in [1.54, 1.807) is 24.3 Å². The van der Waals surface area contributed by atoms with Crippen molar-refractivity contribution in [2.45, 2.75) is 24.9 Å². The van der Waals surface area contributed by atoms with Gasteiger partial charge in [-0.15, -0.1) is 0 Å². The first kappa shape index (κ1) is 31.9. The molecule has 0 aromatic heterocycles. The molecule has 0 bridgehead atoms. The Balaban J connectivity index is 0.000000228. The van der Waals surface area contributed by atoms with Gasteiger partial charge in [0.25, 0.3) is 16.0 Å². The summed E-state index contributed by atoms with van der Waals surface area (Å²) in [6.07, 6.45) is -3.13. The largest absolute Gasteiger partial charge is 0.506 e. The molecule has 1 amide bonds. The third-order valence-electron chi connectivity index (χ3n) is 6.02. The monoisotopic (exact) mass is 615 g/mol. The van der Waals surface area contributed by atoms with Crippen LogP contribution in [0.25, 0.3) is 0 Å². The number of phenols is 1. The lowest BCUT2D eigenvalue weighted by Gasteiger charge is -2.21. The number of amides is 1. The second-order valence-corrected chi connectivity index (χ2v) is 12.1. The fourth-order valence-electron chi connectivity index (χ4n) is 4.22. The Morgan fingerprint density at radius 1 is 1.02 bits per heavy atom. The van der Waals surface area contributed by atoms with Crippen molar-refractivity contribution < 1.29 is 44.5 Å². The van der Waals surface area contributed by atoms with E-state index in [9.17, 15) is 39.9 Å². The Labute approximate surface area is 235 Å². The molecule has 3 aromatic rings. The van der Waals surface area contributed by atoms with Gasteiger partial charge in [0.2, 0.25) is 0 Å². The number of hydrogen-bond acceptors (Lipinski definition) is 7. The predicted octanol–water partition coefficient (Wildman–Crippen LogP) is 3.19. The van der Waals surface area contributed by atoms with Gasteiger partial charge >= 0.3 is 16.4 Å². The number of carbonyl (C=O) groups excluding carboxylic acids is 1. The third-order valence-corrected chi connectivity index (χ3v) is 8.17. The van der Waals surface area contributed by atoms with E-state index in [1.807, 2.05) is 4.72 Å². The summed E-state index contributed by atoms with van der Waals surface area (Å²) in [6.45, 7) is 0.222. The molecule has 0 aliphatic carbocycles. The highest BCUT2D eigenvalue weighted by molar-refractivity contribution is 7.92. The molecule has 10 nitrogen and oxygen atoms in total. The molecule has 5 N–H and O–H groups in total. The average Bonchev–Trinajstić information content (AvgIpc) is 3.17. The van der Waals surface area contributed by atoms with Gasteiger partial charge < -0.3 is 10.8 Å². The zero-order chi connectivity index (χ0) is 30.4. The Hall–Kier alpha value is -3.66. The highest BCUT2D eigenvalue weighted by atomic mass is 32.2. The Bertz CT molecular complexity index is 1580. The molecule has 1 saturated heterocycles. The number of alkyl halides is 3. The molecule has 1 heterocycles. The van der Waals surface area contributed by atoms with Gasteiger partial charge in [0.15, 0.2) is 0 Å². The van der Waals surface area contributed by atoms with Crippen LogP contribution in [0, 0.1) is 0 Å². The molecule has 0 spiro atoms. The molecule has 0 saturated carbocycles. The quantitative estimate of drug-likeness (QED) is 0.280. The van der Waals surface area contributed by atoms with E-state index in [1.165, 1.54) is 42.5 Å². The molecule has 4 rings (SSSR count). The lowest BCUT2D eigenvalue weighted by atomic mass is 9.89. The zero-order valence-electron chi connectivity index (χ0n) is 21.5. The number of nitrogens with one attached hydrogen (secondary N) is 1. The lowest BCUT2D eigenvalue weighted by Crippen LogP contribution is -2.29. The molecule has 1 aliphatic rings. The third kappa shape index (κ3) is 8.66. The number of nitrogens with zero attached hydrogens (tertiary/aromatic N) is 1. The Morgan fingerprint density at radius 2 is 1.66 bits per heavy atom. The summed E-state index contributed by atoms with van der Waals surface area (Å²) in [6, 6.07) is 17.4. The summed E-state index contributed by atoms with van der Waals surface area (Å²) >= 11 is 0. The van der Waals surface area contributed by atoms with Crippen molar-refractivity contribution in [3.05, 3.63) is 95.1 Å². The summed E-state index contributed by atoms with van der Waals surface area (Å²) in [5, 5.41) is 9.89. The second kappa shape index (κ2) is 12.9. The first-order valence-electron chi connectivity index (χ1n) is 12.1. The first-order chi connectivity index (χ1) is 19.1. The standard InChI is InChI=1S/C15H13F3O3S.C11H15N3O4S/c16-15(17,18)14-9-5-4-8-12(14)13(10-22(19,20)21)11-6-2-1-3-7-11;12-5-1-2-8-3-4-9(10(15)6-8)14-7-11(16)13-19(14,17)18/h1-9,13H,10H2,(H,19,20,21);3-4,6,15H,1-2,5,7,12H2,(H,13,16). The van der Waals surface area contributed by atoms with Gasteiger partial charge in [-0.3, -0.25) is 9.35 Å². The van der Waals surface area contributed by atoms with E-state index in [2.05, 4.69) is 0 Å². The van der Waals surface area contributed by atoms with Crippen molar-refractivity contribution in [2.75, 3.05) is 23.1 Å². The molecule has 1 unspecified atom stereocenters. The van der Waals surface area contributed by atoms with E-state index in [0.29, 0.717) is 18.5 Å². The van der Waals surface area contributed by atoms with Crippen molar-refractivity contribution in [1.29, 1.82) is 0 Å². The summed E-state index contributed by atoms with van der Waals surface area (Å²) in [4.78, 5) is 11.1. The normalized spacial score (nSPS) is 15.5. The molecular weight excluding hydrogens is 587 g/mol. The number of phenolic OH excluding ortho intramolecular Hbond substituents is 1. The van der Waals surface area contributed by atoms with Crippen molar-refractivity contribution in [2.24, 2.45) is 5.73 Å². The van der Waals surface area contributed by atoms with E-state index in [4.69, 9.17) is 10.3 Å². The van der Waals surface area contributed by atoms with Gasteiger partial charge in [0.1, 0.15) is 12.3 Å². The van der Waals surface area contributed by atoms with Gasteiger partial charge in [-0.2, -0.15) is 30.0 Å². The maximum Gasteiger partial charge on any atom is 0.416 e. The van der Waals surface area contributed by atoms with Crippen LogP contribution in [0.3, 0.4) is 0 Å². The highest BCUT2D eigenvalue weighted by Gasteiger charge is 2.37. The molecule has 1 aliphatic heterocycles. The number of aromatic hydroxyl groups is 1. The topological polar surface area (TPSA) is 167 Å². The van der Waals surface area contributed by atoms with Crippen LogP contribution >= 0.6 is 0 Å². The summed E-state index contributed by atoms with van der Waals surface area (Å²) in [5.74, 6) is -2.71. The molecule has 0 radical (unpaired) electrons. The van der Waals surface area contributed by atoms with Crippen molar-refractivity contribution in [1.82, 2.24) is 4.72 Å². The van der Waals surface area contributed by atoms with Crippen LogP contribution in [-0.4, -0.2) is 51.2 Å². The number of halogens is 3. The van der Waals surface area contributed by atoms with Crippen molar-refractivity contribution in [3.8, 4) is 5.75 Å². The summed E-state index contributed by atoms with van der Waals surface area (Å²) < 4.78 is 97.0. The molecule has 41 heavy (non-hydrogen) atoms. The van der Waals surface area contributed by atoms with Crippen LogP contribution in [0.4, 0.5) is 18.9 Å². The molecule has 3 aromatic carbocycles. The SMILES string of the molecule is NCCCc1ccc(N2CC(=O)NS2(=O)=O)c(O)c1.O=S(=O)(O)CC(c1ccccc1)c1ccccc1C(F)(F)F. The van der Waals surface area contributed by atoms with Crippen LogP contribution in [0.5, 0.6) is 5.75 Å². The van der Waals surface area contributed by atoms with E-state index >= 15 is 0 Å². The molecular formula is C26H28F3N3O7S2. The van der Waals surface area contributed by atoms with Crippen LogP contribution in [0.1, 0.15) is 34.6 Å². The Kier molecular flexibility index (Phi) is 10.0. The van der Waals surface area contributed by atoms with E-state index in [-0.39, 0.29) is 23.5 Å². The van der Waals surface area contributed by atoms with Crippen LogP contribution < -0.4 is 14.8 Å². The number of anilines is 1. The number of carbonyl (C=O) groups is 1. The van der Waals surface area contributed by atoms with Gasteiger partial charge in [-0.1, -0.05) is 54.6 Å². The van der Waals surface area contributed by atoms with Gasteiger partial charge in [0.05, 0.1) is 17.0 Å². The number of rotatable bonds is 8. The second-order valence-electron chi connectivity index (χ2n) is 9.05. The predicted molar refractivity (Wildman–Crippen MR) is 146 cm³/mol. The summed E-state index contributed by atoms with van der Waals surface area (Å²) in [5.41, 5.74) is 5.65. The fourth-order valence-corrected chi connectivity index (χ4v) is 6.18. The zero-order valence-corrected chi connectivity index (χ0v) is 23.1. The van der Waals surface area contributed by atoms with Crippen molar-refractivity contribution >= 4 is 31.9 Å². The van der Waals surface area contributed by atoms with Crippen molar-refractivity contribution in [3.63, 3.8) is 0 Å². The van der Waals surface area contributed by atoms with E-state index in [0.717, 1.165) is 22.4 Å². The number of aryl methyl sites for hydroxylation is 1. The number of hydrogen-bond donors (Lipinski definition) is 4. The average molecular weight is 616 g/mol. The van der Waals surface area contributed by atoms with Gasteiger partial charge in [-0.25, -0.2) is 9.03 Å². The highest BCUT2D eigenvalue weighted by Crippen LogP contribution is 2.38. The fraction of sp³-hybridized carbons (Fsp3) is 0.269. The minimum absolute atomic E-state index is 0.0925. The molecule has 15 heteroatoms.